The number of nitrogens with one attached hydrogen (secondary N) is 1. The first kappa shape index (κ1) is 12.8. The highest BCUT2D eigenvalue weighted by atomic mass is 35.5. The van der Waals surface area contributed by atoms with Gasteiger partial charge in [0, 0.05) is 16.6 Å². The average Bonchev–Trinajstić information content (AvgIpc) is 3.13. The highest BCUT2D eigenvalue weighted by Crippen LogP contribution is 2.18. The smallest absolute Gasteiger partial charge is 0.288 e. The van der Waals surface area contributed by atoms with Gasteiger partial charge in [0.15, 0.2) is 5.78 Å². The summed E-state index contributed by atoms with van der Waals surface area (Å²) in [7, 11) is 0. The molecule has 4 nitrogen and oxygen atoms in total. The Bertz CT molecular complexity index is 491. The van der Waals surface area contributed by atoms with Gasteiger partial charge in [0.05, 0.1) is 6.42 Å². The number of hydrogen-bond acceptors (Lipinski definition) is 3. The van der Waals surface area contributed by atoms with Crippen LogP contribution in [0.3, 0.4) is 0 Å². The van der Waals surface area contributed by atoms with Gasteiger partial charge in [0.25, 0.3) is 5.91 Å². The lowest BCUT2D eigenvalue weighted by atomic mass is 10.1. The first-order chi connectivity index (χ1) is 8.56. The quantitative estimate of drug-likeness (QED) is 0.501. The first-order valence-corrected chi connectivity index (χ1v) is 6.06. The van der Waals surface area contributed by atoms with Crippen LogP contribution < -0.4 is 5.32 Å². The summed E-state index contributed by atoms with van der Waals surface area (Å²) in [6.07, 6.45) is 1.41. The van der Waals surface area contributed by atoms with Gasteiger partial charge in [-0.15, -0.1) is 0 Å². The molecule has 1 aromatic rings. The largest absolute Gasteiger partial charge is 0.347 e. The first-order valence-electron chi connectivity index (χ1n) is 5.69. The molecule has 0 saturated heterocycles. The number of Topliss-reactive ketones (excluding diaryl/α,β-unsaturated/α-hetero) is 2. The van der Waals surface area contributed by atoms with Gasteiger partial charge in [-0.25, -0.2) is 0 Å². The normalized spacial score (nSPS) is 14.1. The lowest BCUT2D eigenvalue weighted by Gasteiger charge is -2.02. The summed E-state index contributed by atoms with van der Waals surface area (Å²) < 4.78 is 0. The van der Waals surface area contributed by atoms with Crippen LogP contribution in [0.1, 0.15) is 29.6 Å². The molecule has 0 heterocycles. The van der Waals surface area contributed by atoms with Crippen LogP contribution in [0.2, 0.25) is 5.02 Å². The molecule has 1 aliphatic rings. The highest BCUT2D eigenvalue weighted by molar-refractivity contribution is 6.40. The van der Waals surface area contributed by atoms with Crippen LogP contribution in [0.5, 0.6) is 0 Å². The Kier molecular flexibility index (Phi) is 3.77. The van der Waals surface area contributed by atoms with Crippen molar-refractivity contribution in [2.24, 2.45) is 0 Å². The number of carbonyl (C=O) groups excluding carboxylic acids is 3. The number of hydrogen-bond donors (Lipinski definition) is 1. The molecule has 1 fully saturated rings. The van der Waals surface area contributed by atoms with Crippen molar-refractivity contribution in [3.8, 4) is 0 Å². The van der Waals surface area contributed by atoms with E-state index in [2.05, 4.69) is 5.32 Å². The molecule has 94 valence electrons. The predicted octanol–water partition coefficient (Wildman–Crippen LogP) is 1.76. The molecule has 1 aromatic carbocycles. The van der Waals surface area contributed by atoms with Gasteiger partial charge >= 0.3 is 0 Å². The second-order valence-corrected chi connectivity index (χ2v) is 4.71. The van der Waals surface area contributed by atoms with Gasteiger partial charge in [0.1, 0.15) is 0 Å². The Balaban J connectivity index is 1.91. The molecule has 0 unspecified atom stereocenters. The lowest BCUT2D eigenvalue weighted by molar-refractivity contribution is -0.137. The summed E-state index contributed by atoms with van der Waals surface area (Å²) in [5.41, 5.74) is 0.381. The molecule has 1 amide bonds. The number of rotatable bonds is 5. The third-order valence-corrected chi connectivity index (χ3v) is 2.91. The average molecular weight is 266 g/mol. The van der Waals surface area contributed by atoms with Gasteiger partial charge in [-0.05, 0) is 37.1 Å². The van der Waals surface area contributed by atoms with E-state index >= 15 is 0 Å². The maximum Gasteiger partial charge on any atom is 0.288 e. The van der Waals surface area contributed by atoms with Crippen LogP contribution in [-0.2, 0) is 9.59 Å². The van der Waals surface area contributed by atoms with Gasteiger partial charge in [-0.2, -0.15) is 0 Å². The molecule has 0 spiro atoms. The molecular formula is C13H12ClNO3. The fraction of sp³-hybridized carbons (Fsp3) is 0.308. The molecule has 0 radical (unpaired) electrons. The Morgan fingerprint density at radius 1 is 1.17 bits per heavy atom. The maximum atomic E-state index is 11.7. The van der Waals surface area contributed by atoms with Crippen molar-refractivity contribution in [2.75, 3.05) is 0 Å². The monoisotopic (exact) mass is 265 g/mol. The summed E-state index contributed by atoms with van der Waals surface area (Å²) in [5, 5.41) is 3.08. The number of benzene rings is 1. The summed E-state index contributed by atoms with van der Waals surface area (Å²) in [6, 6.07) is 6.34. The molecule has 2 rings (SSSR count). The third kappa shape index (κ3) is 3.40. The maximum absolute atomic E-state index is 11.7. The van der Waals surface area contributed by atoms with Crippen molar-refractivity contribution >= 4 is 29.1 Å². The SMILES string of the molecule is O=C(CC(=O)c1ccc(Cl)cc1)C(=O)NC1CC1. The number of amides is 1. The molecule has 0 aliphatic heterocycles. The molecule has 1 aliphatic carbocycles. The predicted molar refractivity (Wildman–Crippen MR) is 66.6 cm³/mol. The fourth-order valence-corrected chi connectivity index (χ4v) is 1.58. The second kappa shape index (κ2) is 5.31. The Hall–Kier alpha value is -1.68. The number of carbonyl (C=O) groups is 3. The van der Waals surface area contributed by atoms with Crippen molar-refractivity contribution in [3.05, 3.63) is 34.9 Å². The van der Waals surface area contributed by atoms with Crippen LogP contribution in [0.15, 0.2) is 24.3 Å². The van der Waals surface area contributed by atoms with Crippen molar-refractivity contribution < 1.29 is 14.4 Å². The molecule has 1 N–H and O–H groups in total. The zero-order chi connectivity index (χ0) is 13.1. The van der Waals surface area contributed by atoms with E-state index < -0.39 is 18.1 Å². The lowest BCUT2D eigenvalue weighted by Crippen LogP contribution is -2.33. The standard InChI is InChI=1S/C13H12ClNO3/c14-9-3-1-8(2-4-9)11(16)7-12(17)13(18)15-10-5-6-10/h1-4,10H,5-7H2,(H,15,18). The van der Waals surface area contributed by atoms with E-state index in [1.807, 2.05) is 0 Å². The molecule has 0 bridgehead atoms. The van der Waals surface area contributed by atoms with E-state index in [1.54, 1.807) is 12.1 Å². The van der Waals surface area contributed by atoms with Crippen molar-refractivity contribution in [1.29, 1.82) is 0 Å². The van der Waals surface area contributed by atoms with E-state index in [0.717, 1.165) is 12.8 Å². The highest BCUT2D eigenvalue weighted by Gasteiger charge is 2.27. The minimum absolute atomic E-state index is 0.118. The molecule has 0 aromatic heterocycles. The molecule has 1 saturated carbocycles. The summed E-state index contributed by atoms with van der Waals surface area (Å²) in [5.74, 6) is -1.73. The van der Waals surface area contributed by atoms with Crippen molar-refractivity contribution in [1.82, 2.24) is 5.32 Å². The van der Waals surface area contributed by atoms with Gasteiger partial charge in [-0.3, -0.25) is 14.4 Å². The van der Waals surface area contributed by atoms with E-state index in [-0.39, 0.29) is 11.8 Å². The molecular weight excluding hydrogens is 254 g/mol. The van der Waals surface area contributed by atoms with E-state index in [9.17, 15) is 14.4 Å². The minimum atomic E-state index is -0.693. The zero-order valence-electron chi connectivity index (χ0n) is 9.61. The second-order valence-electron chi connectivity index (χ2n) is 4.28. The molecule has 18 heavy (non-hydrogen) atoms. The molecule has 5 heteroatoms. The van der Waals surface area contributed by atoms with Gasteiger partial charge < -0.3 is 5.32 Å². The third-order valence-electron chi connectivity index (χ3n) is 2.65. The number of ketones is 2. The van der Waals surface area contributed by atoms with Crippen molar-refractivity contribution in [3.63, 3.8) is 0 Å². The minimum Gasteiger partial charge on any atom is -0.347 e. The molecule has 0 atom stereocenters. The topological polar surface area (TPSA) is 63.2 Å². The summed E-state index contributed by atoms with van der Waals surface area (Å²) in [6.45, 7) is 0. The zero-order valence-corrected chi connectivity index (χ0v) is 10.4. The van der Waals surface area contributed by atoms with Crippen molar-refractivity contribution in [2.45, 2.75) is 25.3 Å². The van der Waals surface area contributed by atoms with Crippen LogP contribution in [0.4, 0.5) is 0 Å². The van der Waals surface area contributed by atoms with Crippen LogP contribution in [0.25, 0.3) is 0 Å². The van der Waals surface area contributed by atoms with Gasteiger partial charge in [0.2, 0.25) is 5.78 Å². The van der Waals surface area contributed by atoms with E-state index in [4.69, 9.17) is 11.6 Å². The van der Waals surface area contributed by atoms with Crippen LogP contribution in [-0.4, -0.2) is 23.5 Å². The summed E-state index contributed by atoms with van der Waals surface area (Å²) in [4.78, 5) is 34.6. The Morgan fingerprint density at radius 3 is 2.33 bits per heavy atom. The number of halogens is 1. The Labute approximate surface area is 109 Å². The summed E-state index contributed by atoms with van der Waals surface area (Å²) >= 11 is 5.69. The van der Waals surface area contributed by atoms with Crippen LogP contribution >= 0.6 is 11.6 Å². The van der Waals surface area contributed by atoms with E-state index in [0.29, 0.717) is 10.6 Å². The van der Waals surface area contributed by atoms with Gasteiger partial charge in [-0.1, -0.05) is 11.6 Å². The van der Waals surface area contributed by atoms with E-state index in [1.165, 1.54) is 12.1 Å². The van der Waals surface area contributed by atoms with Crippen LogP contribution in [0, 0.1) is 0 Å². The fourth-order valence-electron chi connectivity index (χ4n) is 1.46. The Morgan fingerprint density at radius 2 is 1.78 bits per heavy atom.